The Kier molecular flexibility index (Phi) is 6.00. The normalized spacial score (nSPS) is 16.3. The number of rotatable bonds is 4. The van der Waals surface area contributed by atoms with Gasteiger partial charge in [-0.1, -0.05) is 24.3 Å². The monoisotopic (exact) mass is 433 g/mol. The summed E-state index contributed by atoms with van der Waals surface area (Å²) in [5.41, 5.74) is -0.464. The molecule has 0 spiro atoms. The van der Waals surface area contributed by atoms with Gasteiger partial charge in [0.2, 0.25) is 0 Å². The van der Waals surface area contributed by atoms with E-state index in [1.54, 1.807) is 0 Å². The van der Waals surface area contributed by atoms with Gasteiger partial charge in [0.1, 0.15) is 0 Å². The average Bonchev–Trinajstić information content (AvgIpc) is 2.72. The lowest BCUT2D eigenvalue weighted by molar-refractivity contribution is -0.137. The number of hydrogen-bond donors (Lipinski definition) is 3. The molecule has 10 heteroatoms. The van der Waals surface area contributed by atoms with E-state index in [0.717, 1.165) is 12.1 Å². The zero-order chi connectivity index (χ0) is 22.8. The Morgan fingerprint density at radius 3 is 2.32 bits per heavy atom. The Labute approximate surface area is 175 Å². The van der Waals surface area contributed by atoms with Crippen LogP contribution in [0.3, 0.4) is 0 Å². The third-order valence-corrected chi connectivity index (χ3v) is 4.66. The molecule has 0 fully saturated rings. The van der Waals surface area contributed by atoms with E-state index in [1.807, 2.05) is 0 Å². The summed E-state index contributed by atoms with van der Waals surface area (Å²) in [6.45, 7) is 1.47. The summed E-state index contributed by atoms with van der Waals surface area (Å²) in [7, 11) is 1.23. The standard InChI is InChI=1S/C21H18F3N3O4/c1-11-16(18(28)26-15-6-4-3-5-14(15)21(22,23)24)17(27-20(30)25-11)12-7-9-13(10-8-12)19(29)31-2/h3-10,17H,1-2H3,(H,26,28)(H2,25,27,30). The lowest BCUT2D eigenvalue weighted by atomic mass is 9.94. The van der Waals surface area contributed by atoms with Crippen molar-refractivity contribution in [3.63, 3.8) is 0 Å². The van der Waals surface area contributed by atoms with Gasteiger partial charge in [-0.2, -0.15) is 13.2 Å². The number of carbonyl (C=O) groups excluding carboxylic acids is 3. The van der Waals surface area contributed by atoms with Crippen LogP contribution in [0.25, 0.3) is 0 Å². The summed E-state index contributed by atoms with van der Waals surface area (Å²) in [6, 6.07) is 9.03. The Balaban J connectivity index is 1.96. The van der Waals surface area contributed by atoms with Crippen LogP contribution in [-0.2, 0) is 15.7 Å². The van der Waals surface area contributed by atoms with Gasteiger partial charge in [0, 0.05) is 5.70 Å². The number of anilines is 1. The number of methoxy groups -OCH3 is 1. The molecule has 0 aliphatic carbocycles. The van der Waals surface area contributed by atoms with Crippen LogP contribution in [0.1, 0.15) is 34.5 Å². The largest absolute Gasteiger partial charge is 0.465 e. The van der Waals surface area contributed by atoms with E-state index in [4.69, 9.17) is 0 Å². The second-order valence-corrected chi connectivity index (χ2v) is 6.68. The lowest BCUT2D eigenvalue weighted by Gasteiger charge is -2.29. The number of para-hydroxylation sites is 1. The quantitative estimate of drug-likeness (QED) is 0.640. The first-order chi connectivity index (χ1) is 14.6. The van der Waals surface area contributed by atoms with Gasteiger partial charge < -0.3 is 20.7 Å². The molecule has 0 bridgehead atoms. The average molecular weight is 433 g/mol. The van der Waals surface area contributed by atoms with Gasteiger partial charge in [0.05, 0.1) is 35.5 Å². The molecule has 1 aliphatic heterocycles. The van der Waals surface area contributed by atoms with Crippen LogP contribution >= 0.6 is 0 Å². The maximum Gasteiger partial charge on any atom is 0.418 e. The SMILES string of the molecule is COC(=O)c1ccc(C2NC(=O)NC(C)=C2C(=O)Nc2ccccc2C(F)(F)F)cc1. The number of alkyl halides is 3. The van der Waals surface area contributed by atoms with E-state index in [9.17, 15) is 27.6 Å². The summed E-state index contributed by atoms with van der Waals surface area (Å²) < 4.78 is 44.5. The van der Waals surface area contributed by atoms with E-state index >= 15 is 0 Å². The first-order valence-electron chi connectivity index (χ1n) is 9.06. The van der Waals surface area contributed by atoms with Crippen molar-refractivity contribution in [3.05, 3.63) is 76.5 Å². The molecule has 1 aliphatic rings. The van der Waals surface area contributed by atoms with E-state index in [0.29, 0.717) is 5.56 Å². The Morgan fingerprint density at radius 2 is 1.71 bits per heavy atom. The molecule has 3 N–H and O–H groups in total. The molecular weight excluding hydrogens is 415 g/mol. The number of urea groups is 1. The highest BCUT2D eigenvalue weighted by Gasteiger charge is 2.35. The van der Waals surface area contributed by atoms with Crippen molar-refractivity contribution in [1.82, 2.24) is 10.6 Å². The van der Waals surface area contributed by atoms with E-state index in [1.165, 1.54) is 50.4 Å². The Bertz CT molecular complexity index is 1060. The topological polar surface area (TPSA) is 96.5 Å². The first kappa shape index (κ1) is 21.9. The van der Waals surface area contributed by atoms with Crippen LogP contribution in [0.15, 0.2) is 59.8 Å². The van der Waals surface area contributed by atoms with Crippen molar-refractivity contribution in [2.45, 2.75) is 19.1 Å². The molecule has 2 aromatic carbocycles. The van der Waals surface area contributed by atoms with E-state index < -0.39 is 41.4 Å². The fourth-order valence-electron chi connectivity index (χ4n) is 3.20. The number of amides is 3. The second-order valence-electron chi connectivity index (χ2n) is 6.68. The molecule has 0 aromatic heterocycles. The Morgan fingerprint density at radius 1 is 1.06 bits per heavy atom. The van der Waals surface area contributed by atoms with Crippen LogP contribution in [-0.4, -0.2) is 25.0 Å². The Hall–Kier alpha value is -3.82. The van der Waals surface area contributed by atoms with Crippen molar-refractivity contribution in [1.29, 1.82) is 0 Å². The number of halogens is 3. The minimum absolute atomic E-state index is 0.0300. The van der Waals surface area contributed by atoms with Crippen LogP contribution < -0.4 is 16.0 Å². The lowest BCUT2D eigenvalue weighted by Crippen LogP contribution is -2.46. The maximum atomic E-state index is 13.3. The van der Waals surface area contributed by atoms with Crippen LogP contribution in [0.4, 0.5) is 23.7 Å². The van der Waals surface area contributed by atoms with Crippen molar-refractivity contribution >= 4 is 23.6 Å². The molecule has 7 nitrogen and oxygen atoms in total. The fourth-order valence-corrected chi connectivity index (χ4v) is 3.20. The smallest absolute Gasteiger partial charge is 0.418 e. The van der Waals surface area contributed by atoms with Crippen LogP contribution in [0.5, 0.6) is 0 Å². The number of hydrogen-bond acceptors (Lipinski definition) is 4. The summed E-state index contributed by atoms with van der Waals surface area (Å²) in [5, 5.41) is 7.32. The highest BCUT2D eigenvalue weighted by molar-refractivity contribution is 6.07. The minimum Gasteiger partial charge on any atom is -0.465 e. The molecule has 1 unspecified atom stereocenters. The number of ether oxygens (including phenoxy) is 1. The predicted octanol–water partition coefficient (Wildman–Crippen LogP) is 3.76. The van der Waals surface area contributed by atoms with Gasteiger partial charge in [-0.25, -0.2) is 9.59 Å². The third kappa shape index (κ3) is 4.68. The summed E-state index contributed by atoms with van der Waals surface area (Å²) in [4.78, 5) is 36.6. The molecule has 0 radical (unpaired) electrons. The maximum absolute atomic E-state index is 13.3. The number of nitrogens with one attached hydrogen (secondary N) is 3. The zero-order valence-electron chi connectivity index (χ0n) is 16.5. The van der Waals surface area contributed by atoms with Gasteiger partial charge in [-0.3, -0.25) is 4.79 Å². The van der Waals surface area contributed by atoms with Crippen LogP contribution in [0.2, 0.25) is 0 Å². The van der Waals surface area contributed by atoms with Gasteiger partial charge in [0.25, 0.3) is 5.91 Å². The summed E-state index contributed by atoms with van der Waals surface area (Å²) in [5.74, 6) is -1.38. The number of esters is 1. The van der Waals surface area contributed by atoms with E-state index in [2.05, 4.69) is 20.7 Å². The highest BCUT2D eigenvalue weighted by Crippen LogP contribution is 2.35. The van der Waals surface area contributed by atoms with Gasteiger partial charge in [0.15, 0.2) is 0 Å². The van der Waals surface area contributed by atoms with Gasteiger partial charge in [-0.05, 0) is 36.8 Å². The molecular formula is C21H18F3N3O4. The fraction of sp³-hybridized carbons (Fsp3) is 0.190. The van der Waals surface area contributed by atoms with Gasteiger partial charge >= 0.3 is 18.2 Å². The van der Waals surface area contributed by atoms with Crippen molar-refractivity contribution in [3.8, 4) is 0 Å². The molecule has 2 aromatic rings. The number of allylic oxidation sites excluding steroid dienone is 1. The molecule has 3 rings (SSSR count). The molecule has 3 amide bonds. The summed E-state index contributed by atoms with van der Waals surface area (Å²) in [6.07, 6.45) is -4.66. The van der Waals surface area contributed by atoms with E-state index in [-0.39, 0.29) is 16.8 Å². The zero-order valence-corrected chi connectivity index (χ0v) is 16.5. The van der Waals surface area contributed by atoms with Crippen LogP contribution in [0, 0.1) is 0 Å². The number of carbonyl (C=O) groups is 3. The van der Waals surface area contributed by atoms with Gasteiger partial charge in [-0.15, -0.1) is 0 Å². The third-order valence-electron chi connectivity index (χ3n) is 4.66. The van der Waals surface area contributed by atoms with Crippen molar-refractivity contribution in [2.75, 3.05) is 12.4 Å². The predicted molar refractivity (Wildman–Crippen MR) is 105 cm³/mol. The molecule has 0 saturated heterocycles. The summed E-state index contributed by atoms with van der Waals surface area (Å²) >= 11 is 0. The minimum atomic E-state index is -4.66. The first-order valence-corrected chi connectivity index (χ1v) is 9.06. The molecule has 31 heavy (non-hydrogen) atoms. The molecule has 162 valence electrons. The molecule has 0 saturated carbocycles. The molecule has 1 heterocycles. The highest BCUT2D eigenvalue weighted by atomic mass is 19.4. The second kappa shape index (κ2) is 8.50. The molecule has 1 atom stereocenters. The van der Waals surface area contributed by atoms with Crippen molar-refractivity contribution < 1.29 is 32.3 Å². The van der Waals surface area contributed by atoms with Crippen molar-refractivity contribution in [2.24, 2.45) is 0 Å². The number of benzene rings is 2.